The van der Waals surface area contributed by atoms with Gasteiger partial charge in [-0.25, -0.2) is 0 Å². The summed E-state index contributed by atoms with van der Waals surface area (Å²) in [5, 5.41) is 15.1. The zero-order valence-corrected chi connectivity index (χ0v) is 17.9. The van der Waals surface area contributed by atoms with Crippen molar-refractivity contribution in [1.82, 2.24) is 4.83 Å². The normalized spacial score (nSPS) is 29.5. The van der Waals surface area contributed by atoms with Gasteiger partial charge in [0.1, 0.15) is 0 Å². The third kappa shape index (κ3) is 3.80. The first-order valence-electron chi connectivity index (χ1n) is 9.73. The minimum atomic E-state index is -3.70. The van der Waals surface area contributed by atoms with Crippen molar-refractivity contribution in [2.75, 3.05) is 0 Å². The van der Waals surface area contributed by atoms with Crippen molar-refractivity contribution in [3.63, 3.8) is 0 Å². The third-order valence-electron chi connectivity index (χ3n) is 6.48. The molecular weight excluding hydrogens is 372 g/mol. The fourth-order valence-corrected chi connectivity index (χ4v) is 5.16. The molecule has 2 N–H and O–H groups in total. The van der Waals surface area contributed by atoms with Gasteiger partial charge in [-0.3, -0.25) is 0 Å². The molecule has 3 rings (SSSR count). The van der Waals surface area contributed by atoms with E-state index in [0.717, 1.165) is 41.7 Å². The van der Waals surface area contributed by atoms with Crippen LogP contribution in [0.2, 0.25) is 0 Å². The maximum atomic E-state index is 12.5. The second-order valence-corrected chi connectivity index (χ2v) is 10.1. The average Bonchev–Trinajstić information content (AvgIpc) is 2.63. The molecule has 0 saturated heterocycles. The number of benzene rings is 1. The van der Waals surface area contributed by atoms with E-state index in [1.807, 2.05) is 20.8 Å². The Kier molecular flexibility index (Phi) is 5.56. The summed E-state index contributed by atoms with van der Waals surface area (Å²) in [6.07, 6.45) is 2.55. The molecule has 0 radical (unpaired) electrons. The zero-order chi connectivity index (χ0) is 20.7. The zero-order valence-electron chi connectivity index (χ0n) is 17.1. The number of hydrazone groups is 1. The van der Waals surface area contributed by atoms with Crippen molar-refractivity contribution in [3.05, 3.63) is 53.1 Å². The van der Waals surface area contributed by atoms with Gasteiger partial charge in [-0.2, -0.15) is 18.4 Å². The lowest BCUT2D eigenvalue weighted by atomic mass is 9.59. The van der Waals surface area contributed by atoms with Gasteiger partial charge in [-0.1, -0.05) is 42.3 Å². The Morgan fingerprint density at radius 1 is 1.29 bits per heavy atom. The van der Waals surface area contributed by atoms with E-state index in [1.54, 1.807) is 24.3 Å². The van der Waals surface area contributed by atoms with E-state index in [4.69, 9.17) is 0 Å². The Hall–Kier alpha value is -1.92. The van der Waals surface area contributed by atoms with Crippen molar-refractivity contribution >= 4 is 15.7 Å². The molecule has 2 aliphatic rings. The molecule has 2 aliphatic carbocycles. The SMILES string of the molecule is C=C(C)[C@H]1CC2=C(C)/C(=N\NS(=O)(=O)c3ccc(C)cc3)CC[C@@]2(C)[C@H](O)C1. The van der Waals surface area contributed by atoms with Crippen molar-refractivity contribution < 1.29 is 13.5 Å². The number of aliphatic hydroxyl groups excluding tert-OH is 1. The third-order valence-corrected chi connectivity index (χ3v) is 7.70. The Bertz CT molecular complexity index is 944. The number of aryl methyl sites for hydroxylation is 1. The summed E-state index contributed by atoms with van der Waals surface area (Å²) in [7, 11) is -3.70. The number of nitrogens with one attached hydrogen (secondary N) is 1. The molecule has 0 aromatic heterocycles. The fourth-order valence-electron chi connectivity index (χ4n) is 4.33. The average molecular weight is 403 g/mol. The number of rotatable bonds is 4. The minimum absolute atomic E-state index is 0.198. The molecule has 1 aromatic carbocycles. The molecule has 1 fully saturated rings. The van der Waals surface area contributed by atoms with Crippen LogP contribution in [-0.2, 0) is 10.0 Å². The Balaban J connectivity index is 1.90. The number of hydrogen-bond donors (Lipinski definition) is 2. The molecule has 0 aliphatic heterocycles. The molecule has 0 bridgehead atoms. The second-order valence-electron chi connectivity index (χ2n) is 8.49. The lowest BCUT2D eigenvalue weighted by Gasteiger charge is -2.47. The van der Waals surface area contributed by atoms with Crippen LogP contribution in [0.1, 0.15) is 52.0 Å². The number of allylic oxidation sites excluding steroid dienone is 2. The first-order chi connectivity index (χ1) is 13.0. The number of nitrogens with zero attached hydrogens (tertiary/aromatic N) is 1. The molecule has 0 spiro atoms. The molecule has 3 atom stereocenters. The van der Waals surface area contributed by atoms with Crippen molar-refractivity contribution in [1.29, 1.82) is 0 Å². The first kappa shape index (κ1) is 20.8. The molecule has 0 unspecified atom stereocenters. The number of fused-ring (bicyclic) bond motifs is 1. The maximum Gasteiger partial charge on any atom is 0.276 e. The van der Waals surface area contributed by atoms with E-state index in [1.165, 1.54) is 5.57 Å². The molecule has 28 heavy (non-hydrogen) atoms. The van der Waals surface area contributed by atoms with E-state index >= 15 is 0 Å². The lowest BCUT2D eigenvalue weighted by molar-refractivity contribution is 0.0169. The Morgan fingerprint density at radius 3 is 2.54 bits per heavy atom. The summed E-state index contributed by atoms with van der Waals surface area (Å²) < 4.78 is 25.1. The van der Waals surface area contributed by atoms with E-state index in [-0.39, 0.29) is 16.2 Å². The largest absolute Gasteiger partial charge is 0.392 e. The number of sulfonamides is 1. The predicted molar refractivity (Wildman–Crippen MR) is 113 cm³/mol. The molecular formula is C22H30N2O3S. The molecule has 0 heterocycles. The van der Waals surface area contributed by atoms with Crippen LogP contribution in [0.4, 0.5) is 0 Å². The van der Waals surface area contributed by atoms with Crippen LogP contribution >= 0.6 is 0 Å². The summed E-state index contributed by atoms with van der Waals surface area (Å²) in [4.78, 5) is 2.59. The monoisotopic (exact) mass is 402 g/mol. The minimum Gasteiger partial charge on any atom is -0.392 e. The van der Waals surface area contributed by atoms with Crippen molar-refractivity contribution in [2.24, 2.45) is 16.4 Å². The number of aliphatic hydroxyl groups is 1. The van der Waals surface area contributed by atoms with Gasteiger partial charge in [0.15, 0.2) is 0 Å². The van der Waals surface area contributed by atoms with Gasteiger partial charge in [0.25, 0.3) is 10.0 Å². The first-order valence-corrected chi connectivity index (χ1v) is 11.2. The molecule has 1 aromatic rings. The molecule has 6 heteroatoms. The van der Waals surface area contributed by atoms with Gasteiger partial charge in [0.2, 0.25) is 0 Å². The number of hydrogen-bond acceptors (Lipinski definition) is 4. The smallest absolute Gasteiger partial charge is 0.276 e. The predicted octanol–water partition coefficient (Wildman–Crippen LogP) is 4.09. The molecule has 0 amide bonds. The van der Waals surface area contributed by atoms with Crippen LogP contribution in [0.15, 0.2) is 57.6 Å². The molecule has 5 nitrogen and oxygen atoms in total. The van der Waals surface area contributed by atoms with E-state index < -0.39 is 16.1 Å². The van der Waals surface area contributed by atoms with Crippen LogP contribution in [0.3, 0.4) is 0 Å². The van der Waals surface area contributed by atoms with Gasteiger partial charge in [-0.05, 0) is 70.1 Å². The lowest BCUT2D eigenvalue weighted by Crippen LogP contribution is -2.44. The quantitative estimate of drug-likeness (QED) is 0.588. The summed E-state index contributed by atoms with van der Waals surface area (Å²) >= 11 is 0. The van der Waals surface area contributed by atoms with E-state index in [2.05, 4.69) is 23.4 Å². The topological polar surface area (TPSA) is 78.8 Å². The highest BCUT2D eigenvalue weighted by molar-refractivity contribution is 7.89. The van der Waals surface area contributed by atoms with Gasteiger partial charge < -0.3 is 5.11 Å². The second kappa shape index (κ2) is 7.48. The van der Waals surface area contributed by atoms with Gasteiger partial charge >= 0.3 is 0 Å². The summed E-state index contributed by atoms with van der Waals surface area (Å²) in [6.45, 7) is 12.1. The van der Waals surface area contributed by atoms with Gasteiger partial charge in [-0.15, -0.1) is 0 Å². The summed E-state index contributed by atoms with van der Waals surface area (Å²) in [6, 6.07) is 6.69. The van der Waals surface area contributed by atoms with Crippen LogP contribution in [0, 0.1) is 18.3 Å². The highest BCUT2D eigenvalue weighted by Gasteiger charge is 2.46. The van der Waals surface area contributed by atoms with Crippen LogP contribution in [-0.4, -0.2) is 25.3 Å². The highest BCUT2D eigenvalue weighted by Crippen LogP contribution is 2.51. The highest BCUT2D eigenvalue weighted by atomic mass is 32.2. The van der Waals surface area contributed by atoms with Crippen molar-refractivity contribution in [2.45, 2.75) is 64.4 Å². The van der Waals surface area contributed by atoms with Crippen LogP contribution in [0.25, 0.3) is 0 Å². The van der Waals surface area contributed by atoms with Crippen LogP contribution < -0.4 is 4.83 Å². The van der Waals surface area contributed by atoms with Gasteiger partial charge in [0.05, 0.1) is 16.7 Å². The molecule has 1 saturated carbocycles. The maximum absolute atomic E-state index is 12.5. The van der Waals surface area contributed by atoms with Gasteiger partial charge in [0, 0.05) is 5.41 Å². The molecule has 152 valence electrons. The Morgan fingerprint density at radius 2 is 1.93 bits per heavy atom. The summed E-state index contributed by atoms with van der Waals surface area (Å²) in [5.74, 6) is 0.247. The Labute approximate surface area is 168 Å². The van der Waals surface area contributed by atoms with E-state index in [9.17, 15) is 13.5 Å². The van der Waals surface area contributed by atoms with E-state index in [0.29, 0.717) is 6.42 Å². The standard InChI is InChI=1S/C22H30N2O3S/c1-14(2)17-12-19-16(4)20(10-11-22(19,5)21(25)13-17)23-24-28(26,27)18-8-6-15(3)7-9-18/h6-9,17,21,24-25H,1,10-13H2,2-5H3/b23-20-/t17-,21+,22+/m0/s1. The fraction of sp³-hybridized carbons (Fsp3) is 0.500. The van der Waals surface area contributed by atoms with Crippen LogP contribution in [0.5, 0.6) is 0 Å². The van der Waals surface area contributed by atoms with Crippen molar-refractivity contribution in [3.8, 4) is 0 Å². The summed E-state index contributed by atoms with van der Waals surface area (Å²) in [5.41, 5.74) is 4.72.